The van der Waals surface area contributed by atoms with Gasteiger partial charge >= 0.3 is 0 Å². The van der Waals surface area contributed by atoms with Gasteiger partial charge in [0.05, 0.1) is 17.7 Å². The summed E-state index contributed by atoms with van der Waals surface area (Å²) in [7, 11) is 0. The van der Waals surface area contributed by atoms with Crippen molar-refractivity contribution < 1.29 is 9.90 Å². The quantitative estimate of drug-likeness (QED) is 0.856. The van der Waals surface area contributed by atoms with Crippen molar-refractivity contribution in [2.75, 3.05) is 18.1 Å². The van der Waals surface area contributed by atoms with Crippen molar-refractivity contribution in [2.45, 2.75) is 26.3 Å². The number of aliphatic hydroxyl groups excluding tert-OH is 1. The Morgan fingerprint density at radius 1 is 1.56 bits per heavy atom. The van der Waals surface area contributed by atoms with Crippen LogP contribution in [-0.4, -0.2) is 30.1 Å². The van der Waals surface area contributed by atoms with E-state index in [9.17, 15) is 9.90 Å². The van der Waals surface area contributed by atoms with Crippen molar-refractivity contribution in [3.63, 3.8) is 0 Å². The smallest absolute Gasteiger partial charge is 0.161 e. The number of nitrogens with zero attached hydrogens (tertiary/aromatic N) is 1. The summed E-state index contributed by atoms with van der Waals surface area (Å²) in [6.07, 6.45) is 1.07. The molecule has 0 bridgehead atoms. The van der Waals surface area contributed by atoms with E-state index in [0.29, 0.717) is 16.5 Å². The van der Waals surface area contributed by atoms with Crippen LogP contribution in [0.5, 0.6) is 0 Å². The van der Waals surface area contributed by atoms with Crippen LogP contribution in [-0.2, 0) is 0 Å². The van der Waals surface area contributed by atoms with Crippen LogP contribution < -0.4 is 4.90 Å². The lowest BCUT2D eigenvalue weighted by atomic mass is 10.0. The molecule has 0 aromatic heterocycles. The summed E-state index contributed by atoms with van der Waals surface area (Å²) in [6, 6.07) is 5.63. The highest BCUT2D eigenvalue weighted by molar-refractivity contribution is 6.34. The zero-order valence-corrected chi connectivity index (χ0v) is 11.4. The Morgan fingerprint density at radius 2 is 2.28 bits per heavy atom. The maximum atomic E-state index is 11.3. The number of carbonyl (C=O) groups excluding carboxylic acids is 1. The summed E-state index contributed by atoms with van der Waals surface area (Å²) in [5.41, 5.74) is 1.53. The van der Waals surface area contributed by atoms with Crippen molar-refractivity contribution in [1.29, 1.82) is 0 Å². The Kier molecular flexibility index (Phi) is 3.93. The Balaban J connectivity index is 2.29. The largest absolute Gasteiger partial charge is 0.394 e. The predicted molar refractivity (Wildman–Crippen MR) is 73.5 cm³/mol. The summed E-state index contributed by atoms with van der Waals surface area (Å²) < 4.78 is 0. The first-order valence-corrected chi connectivity index (χ1v) is 6.60. The first-order valence-electron chi connectivity index (χ1n) is 6.22. The van der Waals surface area contributed by atoms with Crippen LogP contribution in [0, 0.1) is 5.92 Å². The first kappa shape index (κ1) is 13.4. The predicted octanol–water partition coefficient (Wildman–Crippen LogP) is 2.75. The fraction of sp³-hybridized carbons (Fsp3) is 0.500. The number of hydrogen-bond acceptors (Lipinski definition) is 3. The van der Waals surface area contributed by atoms with Crippen LogP contribution in [0.1, 0.15) is 30.6 Å². The van der Waals surface area contributed by atoms with Crippen LogP contribution in [0.3, 0.4) is 0 Å². The van der Waals surface area contributed by atoms with Gasteiger partial charge in [0, 0.05) is 17.8 Å². The van der Waals surface area contributed by atoms with E-state index in [0.717, 1.165) is 18.7 Å². The molecule has 98 valence electrons. The molecule has 0 radical (unpaired) electrons. The van der Waals surface area contributed by atoms with Gasteiger partial charge in [0.25, 0.3) is 0 Å². The average molecular weight is 268 g/mol. The second-order valence-corrected chi connectivity index (χ2v) is 5.34. The highest BCUT2D eigenvalue weighted by Crippen LogP contribution is 2.32. The first-order chi connectivity index (χ1) is 8.54. The Morgan fingerprint density at radius 3 is 2.83 bits per heavy atom. The molecule has 1 fully saturated rings. The SMILES string of the molecule is CC(=O)c1ccc(N2CCC(C)C2CO)cc1Cl. The molecule has 0 amide bonds. The van der Waals surface area contributed by atoms with Gasteiger partial charge in [0.15, 0.2) is 5.78 Å². The molecule has 3 nitrogen and oxygen atoms in total. The number of benzene rings is 1. The van der Waals surface area contributed by atoms with E-state index in [-0.39, 0.29) is 18.4 Å². The minimum Gasteiger partial charge on any atom is -0.394 e. The highest BCUT2D eigenvalue weighted by Gasteiger charge is 2.30. The maximum absolute atomic E-state index is 11.3. The molecule has 1 saturated heterocycles. The molecule has 4 heteroatoms. The third kappa shape index (κ3) is 2.38. The summed E-state index contributed by atoms with van der Waals surface area (Å²) in [4.78, 5) is 13.5. The zero-order chi connectivity index (χ0) is 13.3. The lowest BCUT2D eigenvalue weighted by molar-refractivity contribution is 0.101. The second-order valence-electron chi connectivity index (χ2n) is 4.93. The number of aliphatic hydroxyl groups is 1. The molecule has 1 heterocycles. The molecule has 0 saturated carbocycles. The van der Waals surface area contributed by atoms with E-state index in [1.807, 2.05) is 12.1 Å². The van der Waals surface area contributed by atoms with Gasteiger partial charge in [-0.25, -0.2) is 0 Å². The lowest BCUT2D eigenvalue weighted by Crippen LogP contribution is -2.35. The maximum Gasteiger partial charge on any atom is 0.161 e. The van der Waals surface area contributed by atoms with Crippen molar-refractivity contribution in [3.05, 3.63) is 28.8 Å². The zero-order valence-electron chi connectivity index (χ0n) is 10.7. The Hall–Kier alpha value is -1.06. The number of Topliss-reactive ketones (excluding diaryl/α,β-unsaturated/α-hetero) is 1. The van der Waals surface area contributed by atoms with E-state index in [1.54, 1.807) is 6.07 Å². The molecule has 18 heavy (non-hydrogen) atoms. The number of rotatable bonds is 3. The monoisotopic (exact) mass is 267 g/mol. The van der Waals surface area contributed by atoms with Gasteiger partial charge in [-0.2, -0.15) is 0 Å². The molecule has 1 aromatic rings. The molecule has 0 aliphatic carbocycles. The van der Waals surface area contributed by atoms with Gasteiger partial charge in [0.2, 0.25) is 0 Å². The number of halogens is 1. The van der Waals surface area contributed by atoms with Crippen molar-refractivity contribution in [1.82, 2.24) is 0 Å². The van der Waals surface area contributed by atoms with Gasteiger partial charge < -0.3 is 10.0 Å². The number of hydrogen-bond donors (Lipinski definition) is 1. The molecule has 1 aromatic carbocycles. The van der Waals surface area contributed by atoms with Gasteiger partial charge in [-0.1, -0.05) is 18.5 Å². The highest BCUT2D eigenvalue weighted by atomic mass is 35.5. The van der Waals surface area contributed by atoms with Gasteiger partial charge in [-0.15, -0.1) is 0 Å². The molecule has 1 aliphatic heterocycles. The summed E-state index contributed by atoms with van der Waals surface area (Å²) in [5, 5.41) is 9.93. The summed E-state index contributed by atoms with van der Waals surface area (Å²) in [5.74, 6) is 0.446. The lowest BCUT2D eigenvalue weighted by Gasteiger charge is -2.27. The third-order valence-electron chi connectivity index (χ3n) is 3.73. The van der Waals surface area contributed by atoms with E-state index in [4.69, 9.17) is 11.6 Å². The normalized spacial score (nSPS) is 23.4. The Bertz CT molecular complexity index is 461. The molecular formula is C14H18ClNO2. The fourth-order valence-corrected chi connectivity index (χ4v) is 2.88. The topological polar surface area (TPSA) is 40.5 Å². The van der Waals surface area contributed by atoms with Gasteiger partial charge in [-0.05, 0) is 37.5 Å². The van der Waals surface area contributed by atoms with Crippen molar-refractivity contribution in [3.8, 4) is 0 Å². The number of carbonyl (C=O) groups is 1. The molecule has 2 unspecified atom stereocenters. The minimum atomic E-state index is -0.0277. The van der Waals surface area contributed by atoms with Gasteiger partial charge in [-0.3, -0.25) is 4.79 Å². The molecule has 1 N–H and O–H groups in total. The molecule has 2 atom stereocenters. The third-order valence-corrected chi connectivity index (χ3v) is 4.05. The van der Waals surface area contributed by atoms with Crippen LogP contribution in [0.25, 0.3) is 0 Å². The average Bonchev–Trinajstić information content (AvgIpc) is 2.69. The van der Waals surface area contributed by atoms with Crippen LogP contribution in [0.2, 0.25) is 5.02 Å². The van der Waals surface area contributed by atoms with E-state index in [1.165, 1.54) is 6.92 Å². The summed E-state index contributed by atoms with van der Waals surface area (Å²) >= 11 is 6.12. The van der Waals surface area contributed by atoms with Crippen LogP contribution >= 0.6 is 11.6 Å². The van der Waals surface area contributed by atoms with Crippen LogP contribution in [0.4, 0.5) is 5.69 Å². The molecule has 2 rings (SSSR count). The van der Waals surface area contributed by atoms with Gasteiger partial charge in [0.1, 0.15) is 0 Å². The number of anilines is 1. The Labute approximate surface area is 112 Å². The van der Waals surface area contributed by atoms with E-state index in [2.05, 4.69) is 11.8 Å². The molecule has 0 spiro atoms. The van der Waals surface area contributed by atoms with Crippen LogP contribution in [0.15, 0.2) is 18.2 Å². The molecule has 1 aliphatic rings. The fourth-order valence-electron chi connectivity index (χ4n) is 2.58. The molecular weight excluding hydrogens is 250 g/mol. The minimum absolute atomic E-state index is 0.0277. The van der Waals surface area contributed by atoms with E-state index >= 15 is 0 Å². The number of ketones is 1. The van der Waals surface area contributed by atoms with Crippen molar-refractivity contribution >= 4 is 23.1 Å². The van der Waals surface area contributed by atoms with E-state index < -0.39 is 0 Å². The van der Waals surface area contributed by atoms with Crippen molar-refractivity contribution in [2.24, 2.45) is 5.92 Å². The summed E-state index contributed by atoms with van der Waals surface area (Å²) in [6.45, 7) is 4.72. The standard InChI is InChI=1S/C14H18ClNO2/c1-9-5-6-16(14(9)8-17)11-3-4-12(10(2)18)13(15)7-11/h3-4,7,9,14,17H,5-6,8H2,1-2H3. The second kappa shape index (κ2) is 5.29.